The second-order valence-electron chi connectivity index (χ2n) is 15.8. The highest BCUT2D eigenvalue weighted by atomic mass is 16.4. The first kappa shape index (κ1) is 56.9. The molecule has 0 aliphatic carbocycles. The summed E-state index contributed by atoms with van der Waals surface area (Å²) in [5.41, 5.74) is 16.5. The van der Waals surface area contributed by atoms with Crippen LogP contribution in [0, 0.1) is 17.8 Å². The van der Waals surface area contributed by atoms with E-state index in [1.54, 1.807) is 41.5 Å². The molecule has 0 bridgehead atoms. The zero-order valence-corrected chi connectivity index (χ0v) is 36.6. The van der Waals surface area contributed by atoms with E-state index in [0.717, 1.165) is 0 Å². The van der Waals surface area contributed by atoms with Crippen molar-refractivity contribution in [3.63, 3.8) is 0 Å². The Balaban J connectivity index is 6.21. The zero-order chi connectivity index (χ0) is 48.6. The van der Waals surface area contributed by atoms with Crippen LogP contribution in [-0.2, 0) is 47.9 Å². The summed E-state index contributed by atoms with van der Waals surface area (Å²) < 4.78 is 0. The van der Waals surface area contributed by atoms with E-state index in [1.807, 2.05) is 0 Å². The van der Waals surface area contributed by atoms with Crippen molar-refractivity contribution < 1.29 is 68.4 Å². The predicted molar refractivity (Wildman–Crippen MR) is 225 cm³/mol. The monoisotopic (exact) mass is 901 g/mol. The maximum atomic E-state index is 13.8. The van der Waals surface area contributed by atoms with Crippen molar-refractivity contribution >= 4 is 65.2 Å². The number of rotatable bonds is 31. The van der Waals surface area contributed by atoms with Gasteiger partial charge in [0.05, 0.1) is 25.6 Å². The van der Waals surface area contributed by atoms with Gasteiger partial charge in [-0.15, -0.1) is 0 Å². The first-order valence-corrected chi connectivity index (χ1v) is 20.5. The number of nitrogens with one attached hydrogen (secondary N) is 7. The van der Waals surface area contributed by atoms with Crippen LogP contribution in [0.4, 0.5) is 0 Å². The van der Waals surface area contributed by atoms with E-state index in [4.69, 9.17) is 22.3 Å². The van der Waals surface area contributed by atoms with Crippen LogP contribution in [-0.4, -0.2) is 148 Å². The van der Waals surface area contributed by atoms with Gasteiger partial charge in [0.1, 0.15) is 36.3 Å². The summed E-state index contributed by atoms with van der Waals surface area (Å²) in [5.74, 6) is -11.7. The van der Waals surface area contributed by atoms with Gasteiger partial charge < -0.3 is 74.8 Å². The number of guanidine groups is 1. The summed E-state index contributed by atoms with van der Waals surface area (Å²) in [6, 6.07) is -9.99. The van der Waals surface area contributed by atoms with Crippen LogP contribution in [0.3, 0.4) is 0 Å². The molecule has 0 saturated heterocycles. The minimum Gasteiger partial charge on any atom is -0.481 e. The lowest BCUT2D eigenvalue weighted by molar-refractivity contribution is -0.143. The molecule has 17 N–H and O–H groups in total. The number of amides is 7. The Morgan fingerprint density at radius 2 is 1.11 bits per heavy atom. The van der Waals surface area contributed by atoms with Crippen molar-refractivity contribution in [2.45, 2.75) is 135 Å². The molecule has 0 radical (unpaired) electrons. The third kappa shape index (κ3) is 23.6. The maximum absolute atomic E-state index is 13.8. The number of aliphatic imine (C=N–C) groups is 1. The smallest absolute Gasteiger partial charge is 0.326 e. The van der Waals surface area contributed by atoms with Crippen LogP contribution in [0.25, 0.3) is 0 Å². The summed E-state index contributed by atoms with van der Waals surface area (Å²) in [5, 5.41) is 54.1. The van der Waals surface area contributed by atoms with Gasteiger partial charge >= 0.3 is 17.9 Å². The summed E-state index contributed by atoms with van der Waals surface area (Å²) in [4.78, 5) is 131. The molecule has 0 aromatic carbocycles. The van der Waals surface area contributed by atoms with Crippen LogP contribution in [0.2, 0.25) is 0 Å². The van der Waals surface area contributed by atoms with Gasteiger partial charge in [-0.05, 0) is 49.9 Å². The van der Waals surface area contributed by atoms with E-state index >= 15 is 0 Å². The van der Waals surface area contributed by atoms with E-state index in [9.17, 15) is 63.3 Å². The van der Waals surface area contributed by atoms with Gasteiger partial charge in [0, 0.05) is 13.0 Å². The lowest BCUT2D eigenvalue weighted by Gasteiger charge is -2.29. The van der Waals surface area contributed by atoms with Gasteiger partial charge in [-0.3, -0.25) is 48.1 Å². The number of aliphatic hydroxyl groups is 1. The molecule has 0 saturated carbocycles. The Labute approximate surface area is 365 Å². The number of carbonyl (C=O) groups excluding carboxylic acids is 7. The molecule has 0 aliphatic heterocycles. The van der Waals surface area contributed by atoms with Gasteiger partial charge in [0.15, 0.2) is 5.96 Å². The van der Waals surface area contributed by atoms with Gasteiger partial charge in [-0.2, -0.15) is 0 Å². The van der Waals surface area contributed by atoms with Crippen molar-refractivity contribution in [2.24, 2.45) is 39.9 Å². The fourth-order valence-electron chi connectivity index (χ4n) is 5.76. The van der Waals surface area contributed by atoms with E-state index in [2.05, 4.69) is 42.2 Å². The van der Waals surface area contributed by atoms with Crippen molar-refractivity contribution in [3.05, 3.63) is 0 Å². The molecule has 0 aromatic heterocycles. The SMILES string of the molecule is CC[C@H](C)[C@H](NC(=O)[C@@H](N)CC(=O)O)C(=O)N[C@@H](CC(C)C)C(=O)N[C@@H](CCCN=C(N)N)C(=O)NCC(=O)N[C@@H](CCC(=O)O)C(=O)N[C@@H](CO)C(=O)N[C@@H](CC(C)C)C(=O)O. The second-order valence-corrected chi connectivity index (χ2v) is 15.8. The van der Waals surface area contributed by atoms with Gasteiger partial charge in [-0.25, -0.2) is 4.79 Å². The van der Waals surface area contributed by atoms with Crippen molar-refractivity contribution in [2.75, 3.05) is 19.7 Å². The Bertz CT molecular complexity index is 1620. The third-order valence-corrected chi connectivity index (χ3v) is 9.30. The normalized spacial score (nSPS) is 14.8. The second kappa shape index (κ2) is 29.2. The maximum Gasteiger partial charge on any atom is 0.326 e. The van der Waals surface area contributed by atoms with Crippen LogP contribution in [0.15, 0.2) is 4.99 Å². The standard InChI is InChI=1S/C38H67N11O14/c1-7-20(6)30(49-31(56)21(39)15-29(54)55)36(61)46-24(13-18(2)3)34(59)45-22(9-8-12-42-38(40)41)32(57)43-16-27(51)44-23(10-11-28(52)53)33(58)48-26(17-50)35(60)47-25(37(62)63)14-19(4)5/h18-26,30,50H,7-17,39H2,1-6H3,(H,43,57)(H,44,51)(H,45,59)(H,46,61)(H,47,60)(H,48,58)(H,49,56)(H,52,53)(H,54,55)(H,62,63)(H4,40,41,42)/t20-,21-,22-,23-,24-,25-,26-,30-/m0/s1. The summed E-state index contributed by atoms with van der Waals surface area (Å²) in [7, 11) is 0. The first-order chi connectivity index (χ1) is 29.3. The molecular formula is C38H67N11O14. The zero-order valence-electron chi connectivity index (χ0n) is 36.6. The van der Waals surface area contributed by atoms with Gasteiger partial charge in [-0.1, -0.05) is 48.0 Å². The Hall–Kier alpha value is -6.11. The average molecular weight is 902 g/mol. The molecule has 7 amide bonds. The number of hydrogen-bond donors (Lipinski definition) is 14. The number of carboxylic acids is 3. The highest BCUT2D eigenvalue weighted by Crippen LogP contribution is 2.13. The van der Waals surface area contributed by atoms with E-state index in [1.165, 1.54) is 0 Å². The van der Waals surface area contributed by atoms with Crippen LogP contribution in [0.1, 0.15) is 92.9 Å². The van der Waals surface area contributed by atoms with Crippen molar-refractivity contribution in [1.82, 2.24) is 37.2 Å². The quantitative estimate of drug-likeness (QED) is 0.0179. The van der Waals surface area contributed by atoms with Gasteiger partial charge in [0.2, 0.25) is 41.4 Å². The van der Waals surface area contributed by atoms with Crippen LogP contribution in [0.5, 0.6) is 0 Å². The van der Waals surface area contributed by atoms with Gasteiger partial charge in [0.25, 0.3) is 0 Å². The molecule has 0 rings (SSSR count). The molecule has 0 spiro atoms. The summed E-state index contributed by atoms with van der Waals surface area (Å²) in [6.07, 6.45) is -1.34. The fourth-order valence-corrected chi connectivity index (χ4v) is 5.76. The van der Waals surface area contributed by atoms with E-state index < -0.39 is 140 Å². The molecule has 0 unspecified atom stereocenters. The lowest BCUT2D eigenvalue weighted by Crippen LogP contribution is -2.59. The molecular weight excluding hydrogens is 834 g/mol. The molecule has 0 heterocycles. The molecule has 25 nitrogen and oxygen atoms in total. The molecule has 25 heteroatoms. The molecule has 358 valence electrons. The molecule has 63 heavy (non-hydrogen) atoms. The topological polar surface area (TPSA) is 426 Å². The van der Waals surface area contributed by atoms with Crippen LogP contribution >= 0.6 is 0 Å². The van der Waals surface area contributed by atoms with Crippen molar-refractivity contribution in [3.8, 4) is 0 Å². The Morgan fingerprint density at radius 3 is 1.62 bits per heavy atom. The molecule has 8 atom stereocenters. The third-order valence-electron chi connectivity index (χ3n) is 9.30. The number of carbonyl (C=O) groups is 10. The fraction of sp³-hybridized carbons (Fsp3) is 0.711. The number of carboxylic acid groups (broad SMARTS) is 3. The molecule has 0 aromatic rings. The number of aliphatic carboxylic acids is 3. The molecule has 0 fully saturated rings. The Kier molecular flexibility index (Phi) is 26.4. The number of nitrogens with zero attached hydrogens (tertiary/aromatic N) is 1. The Morgan fingerprint density at radius 1 is 0.603 bits per heavy atom. The predicted octanol–water partition coefficient (Wildman–Crippen LogP) is -4.05. The number of hydrogen-bond acceptors (Lipinski definition) is 13. The highest BCUT2D eigenvalue weighted by molar-refractivity contribution is 5.97. The number of aliphatic hydroxyl groups excluding tert-OH is 1. The van der Waals surface area contributed by atoms with E-state index in [0.29, 0.717) is 6.42 Å². The van der Waals surface area contributed by atoms with E-state index in [-0.39, 0.29) is 50.0 Å². The summed E-state index contributed by atoms with van der Waals surface area (Å²) >= 11 is 0. The first-order valence-electron chi connectivity index (χ1n) is 20.5. The largest absolute Gasteiger partial charge is 0.481 e. The lowest BCUT2D eigenvalue weighted by atomic mass is 9.96. The minimum absolute atomic E-state index is 0.0246. The van der Waals surface area contributed by atoms with Crippen molar-refractivity contribution in [1.29, 1.82) is 0 Å². The summed E-state index contributed by atoms with van der Waals surface area (Å²) in [6.45, 7) is 8.55. The molecule has 0 aliphatic rings. The minimum atomic E-state index is -1.69. The number of nitrogens with two attached hydrogens (primary N) is 3. The average Bonchev–Trinajstić information content (AvgIpc) is 3.18. The van der Waals surface area contributed by atoms with Crippen LogP contribution < -0.4 is 54.4 Å². The highest BCUT2D eigenvalue weighted by Gasteiger charge is 2.34.